The second-order valence-electron chi connectivity index (χ2n) is 6.85. The highest BCUT2D eigenvalue weighted by molar-refractivity contribution is 5.92. The van der Waals surface area contributed by atoms with Crippen LogP contribution in [0.1, 0.15) is 16.1 Å². The van der Waals surface area contributed by atoms with Crippen molar-refractivity contribution in [2.45, 2.75) is 6.54 Å². The molecule has 0 atom stereocenters. The molecule has 2 aromatic rings. The van der Waals surface area contributed by atoms with Gasteiger partial charge in [-0.15, -0.1) is 6.58 Å². The van der Waals surface area contributed by atoms with Crippen LogP contribution >= 0.6 is 0 Å². The number of aromatic nitrogens is 1. The van der Waals surface area contributed by atoms with Gasteiger partial charge >= 0.3 is 0 Å². The Morgan fingerprint density at radius 1 is 1.14 bits per heavy atom. The fourth-order valence-electron chi connectivity index (χ4n) is 3.42. The van der Waals surface area contributed by atoms with Crippen molar-refractivity contribution >= 4 is 11.6 Å². The number of hydrogen-bond donors (Lipinski definition) is 1. The van der Waals surface area contributed by atoms with E-state index >= 15 is 0 Å². The van der Waals surface area contributed by atoms with Crippen molar-refractivity contribution in [3.8, 4) is 11.5 Å². The first-order valence-electron chi connectivity index (χ1n) is 9.44. The molecule has 0 aliphatic carbocycles. The van der Waals surface area contributed by atoms with E-state index in [9.17, 15) is 4.79 Å². The van der Waals surface area contributed by atoms with Crippen molar-refractivity contribution in [2.24, 2.45) is 0 Å². The van der Waals surface area contributed by atoms with Crippen LogP contribution in [0.4, 0.5) is 5.69 Å². The summed E-state index contributed by atoms with van der Waals surface area (Å²) >= 11 is 0. The Hall–Kier alpha value is -3.06. The number of pyridine rings is 1. The third-order valence-electron chi connectivity index (χ3n) is 4.97. The van der Waals surface area contributed by atoms with E-state index in [2.05, 4.69) is 38.8 Å². The van der Waals surface area contributed by atoms with Crippen molar-refractivity contribution in [3.05, 3.63) is 60.4 Å². The van der Waals surface area contributed by atoms with E-state index in [0.29, 0.717) is 19.0 Å². The Morgan fingerprint density at radius 3 is 2.71 bits per heavy atom. The van der Waals surface area contributed by atoms with Crippen LogP contribution in [0, 0.1) is 0 Å². The molecule has 0 unspecified atom stereocenters. The minimum Gasteiger partial charge on any atom is -0.454 e. The summed E-state index contributed by atoms with van der Waals surface area (Å²) in [7, 11) is 0. The summed E-state index contributed by atoms with van der Waals surface area (Å²) in [5.41, 5.74) is 2.70. The predicted molar refractivity (Wildman–Crippen MR) is 107 cm³/mol. The van der Waals surface area contributed by atoms with Gasteiger partial charge < -0.3 is 19.7 Å². The van der Waals surface area contributed by atoms with Crippen LogP contribution in [0.25, 0.3) is 0 Å². The molecule has 0 bridgehead atoms. The van der Waals surface area contributed by atoms with Crippen LogP contribution in [-0.4, -0.2) is 55.3 Å². The molecule has 1 aromatic carbocycles. The molecule has 28 heavy (non-hydrogen) atoms. The van der Waals surface area contributed by atoms with Crippen LogP contribution in [0.2, 0.25) is 0 Å². The van der Waals surface area contributed by atoms with Gasteiger partial charge in [-0.25, -0.2) is 4.98 Å². The Kier molecular flexibility index (Phi) is 5.43. The summed E-state index contributed by atoms with van der Waals surface area (Å²) in [4.78, 5) is 20.9. The fraction of sp³-hybridized carbons (Fsp3) is 0.333. The van der Waals surface area contributed by atoms with Crippen molar-refractivity contribution in [1.82, 2.24) is 15.2 Å². The van der Waals surface area contributed by atoms with Gasteiger partial charge in [-0.1, -0.05) is 12.1 Å². The second-order valence-corrected chi connectivity index (χ2v) is 6.85. The number of carbonyl (C=O) groups excluding carboxylic acids is 1. The minimum atomic E-state index is -0.181. The normalized spacial score (nSPS) is 16.1. The minimum absolute atomic E-state index is 0.181. The molecule has 2 aliphatic rings. The molecule has 7 heteroatoms. The van der Waals surface area contributed by atoms with Gasteiger partial charge in [0, 0.05) is 39.3 Å². The topological polar surface area (TPSA) is 66.9 Å². The number of piperazine rings is 1. The highest BCUT2D eigenvalue weighted by Gasteiger charge is 2.19. The van der Waals surface area contributed by atoms with Gasteiger partial charge in [0.25, 0.3) is 5.91 Å². The lowest BCUT2D eigenvalue weighted by atomic mass is 10.1. The van der Waals surface area contributed by atoms with E-state index in [-0.39, 0.29) is 5.91 Å². The standard InChI is InChI=1S/C21H24N4O3/c1-2-7-22-21(26)18-5-4-17(13-23-18)25-10-8-24(9-11-25)14-16-3-6-19-20(12-16)28-15-27-19/h2-6,12-13H,1,7-11,14-15H2,(H,22,26). The zero-order chi connectivity index (χ0) is 19.3. The van der Waals surface area contributed by atoms with Crippen molar-refractivity contribution in [3.63, 3.8) is 0 Å². The largest absolute Gasteiger partial charge is 0.454 e. The number of hydrogen-bond acceptors (Lipinski definition) is 6. The van der Waals surface area contributed by atoms with E-state index in [1.165, 1.54) is 5.56 Å². The number of fused-ring (bicyclic) bond motifs is 1. The maximum absolute atomic E-state index is 11.9. The molecule has 1 amide bonds. The van der Waals surface area contributed by atoms with Gasteiger partial charge in [-0.3, -0.25) is 9.69 Å². The first kappa shape index (κ1) is 18.3. The number of amides is 1. The van der Waals surface area contributed by atoms with Gasteiger partial charge in [0.15, 0.2) is 11.5 Å². The number of ether oxygens (including phenoxy) is 2. The van der Waals surface area contributed by atoms with Crippen LogP contribution in [-0.2, 0) is 6.54 Å². The van der Waals surface area contributed by atoms with E-state index in [4.69, 9.17) is 9.47 Å². The number of anilines is 1. The SMILES string of the molecule is C=CCNC(=O)c1ccc(N2CCN(Cc3ccc4c(c3)OCO4)CC2)cn1. The Balaban J connectivity index is 1.30. The number of carbonyl (C=O) groups is 1. The third kappa shape index (κ3) is 4.09. The molecule has 3 heterocycles. The molecule has 1 fully saturated rings. The van der Waals surface area contributed by atoms with Gasteiger partial charge in [0.1, 0.15) is 5.69 Å². The molecule has 2 aliphatic heterocycles. The summed E-state index contributed by atoms with van der Waals surface area (Å²) in [6.07, 6.45) is 3.42. The van der Waals surface area contributed by atoms with Crippen molar-refractivity contribution in [1.29, 1.82) is 0 Å². The number of nitrogens with one attached hydrogen (secondary N) is 1. The molecule has 0 saturated carbocycles. The first-order chi connectivity index (χ1) is 13.7. The lowest BCUT2D eigenvalue weighted by Crippen LogP contribution is -2.46. The van der Waals surface area contributed by atoms with Gasteiger partial charge in [0.05, 0.1) is 11.9 Å². The average Bonchev–Trinajstić information content (AvgIpc) is 3.20. The molecular formula is C21H24N4O3. The summed E-state index contributed by atoms with van der Waals surface area (Å²) in [6.45, 7) is 9.02. The lowest BCUT2D eigenvalue weighted by molar-refractivity contribution is 0.0953. The molecule has 7 nitrogen and oxygen atoms in total. The maximum Gasteiger partial charge on any atom is 0.270 e. The summed E-state index contributed by atoms with van der Waals surface area (Å²) in [5.74, 6) is 1.47. The van der Waals surface area contributed by atoms with Crippen LogP contribution in [0.5, 0.6) is 11.5 Å². The molecule has 4 rings (SSSR count). The zero-order valence-electron chi connectivity index (χ0n) is 15.8. The maximum atomic E-state index is 11.9. The van der Waals surface area contributed by atoms with Gasteiger partial charge in [0.2, 0.25) is 6.79 Å². The lowest BCUT2D eigenvalue weighted by Gasteiger charge is -2.36. The van der Waals surface area contributed by atoms with E-state index in [0.717, 1.165) is 49.9 Å². The molecule has 146 valence electrons. The number of rotatable bonds is 6. The smallest absolute Gasteiger partial charge is 0.270 e. The first-order valence-corrected chi connectivity index (χ1v) is 9.44. The highest BCUT2D eigenvalue weighted by atomic mass is 16.7. The Morgan fingerprint density at radius 2 is 1.96 bits per heavy atom. The molecule has 1 N–H and O–H groups in total. The third-order valence-corrected chi connectivity index (χ3v) is 4.97. The average molecular weight is 380 g/mol. The number of nitrogens with zero attached hydrogens (tertiary/aromatic N) is 3. The predicted octanol–water partition coefficient (Wildman–Crippen LogP) is 2.05. The van der Waals surface area contributed by atoms with Crippen molar-refractivity contribution < 1.29 is 14.3 Å². The summed E-state index contributed by atoms with van der Waals surface area (Å²) in [5, 5.41) is 2.74. The highest BCUT2D eigenvalue weighted by Crippen LogP contribution is 2.32. The fourth-order valence-corrected chi connectivity index (χ4v) is 3.42. The van der Waals surface area contributed by atoms with Crippen molar-refractivity contribution in [2.75, 3.05) is 44.4 Å². The molecule has 1 saturated heterocycles. The van der Waals surface area contributed by atoms with Crippen LogP contribution in [0.15, 0.2) is 49.2 Å². The Labute approximate surface area is 164 Å². The zero-order valence-corrected chi connectivity index (χ0v) is 15.8. The van der Waals surface area contributed by atoms with Gasteiger partial charge in [-0.05, 0) is 29.8 Å². The summed E-state index contributed by atoms with van der Waals surface area (Å²) in [6, 6.07) is 9.87. The van der Waals surface area contributed by atoms with E-state index < -0.39 is 0 Å². The second kappa shape index (κ2) is 8.31. The molecule has 1 aromatic heterocycles. The molecule has 0 spiro atoms. The Bertz CT molecular complexity index is 845. The van der Waals surface area contributed by atoms with Crippen LogP contribution in [0.3, 0.4) is 0 Å². The number of benzene rings is 1. The molecule has 0 radical (unpaired) electrons. The van der Waals surface area contributed by atoms with E-state index in [1.54, 1.807) is 18.3 Å². The molecular weight excluding hydrogens is 356 g/mol. The van der Waals surface area contributed by atoms with Gasteiger partial charge in [-0.2, -0.15) is 0 Å². The summed E-state index contributed by atoms with van der Waals surface area (Å²) < 4.78 is 10.8. The van der Waals surface area contributed by atoms with E-state index in [1.807, 2.05) is 12.1 Å². The quantitative estimate of drug-likeness (QED) is 0.774. The van der Waals surface area contributed by atoms with Crippen LogP contribution < -0.4 is 19.7 Å². The monoisotopic (exact) mass is 380 g/mol.